The molecule has 1 aliphatic rings. The Bertz CT molecular complexity index is 902. The summed E-state index contributed by atoms with van der Waals surface area (Å²) in [6.45, 7) is 2.69. The third kappa shape index (κ3) is 4.32. The fourth-order valence-electron chi connectivity index (χ4n) is 4.00. The van der Waals surface area contributed by atoms with Crippen LogP contribution in [0.1, 0.15) is 31.4 Å². The van der Waals surface area contributed by atoms with Crippen molar-refractivity contribution in [3.63, 3.8) is 0 Å². The molecule has 3 rings (SSSR count). The highest BCUT2D eigenvalue weighted by atomic mass is 16.6. The van der Waals surface area contributed by atoms with Crippen LogP contribution in [0.5, 0.6) is 11.5 Å². The Morgan fingerprint density at radius 1 is 1.24 bits per heavy atom. The first-order valence-corrected chi connectivity index (χ1v) is 9.58. The maximum Gasteiger partial charge on any atom is 0.292 e. The van der Waals surface area contributed by atoms with Gasteiger partial charge in [0.05, 0.1) is 31.3 Å². The van der Waals surface area contributed by atoms with E-state index in [1.807, 2.05) is 25.1 Å². The minimum absolute atomic E-state index is 0.0994. The van der Waals surface area contributed by atoms with E-state index < -0.39 is 4.92 Å². The number of nitro benzene ring substituents is 1. The summed E-state index contributed by atoms with van der Waals surface area (Å²) in [6.07, 6.45) is 1.92. The molecule has 0 aliphatic carbocycles. The third-order valence-corrected chi connectivity index (χ3v) is 5.53. The number of quaternary nitrogens is 1. The molecule has 0 saturated carbocycles. The number of benzene rings is 2. The predicted molar refractivity (Wildman–Crippen MR) is 109 cm³/mol. The van der Waals surface area contributed by atoms with Crippen LogP contribution in [0.15, 0.2) is 42.5 Å². The standard InChI is InChI=1S/C21H25N3O5/c1-14(21(25)22-17-7-4-5-8-19(17)24(26)27)23-12-6-9-18(23)16-11-10-15(28-2)13-20(16)29-3/h4-5,7-8,10-11,13-14,18H,6,9,12H2,1-3H3,(H,22,25)/p+1/t14-,18+/m0/s1. The van der Waals surface area contributed by atoms with Gasteiger partial charge in [0.15, 0.2) is 6.04 Å². The number of likely N-dealkylation sites (tertiary alicyclic amines) is 1. The maximum atomic E-state index is 12.9. The van der Waals surface area contributed by atoms with Gasteiger partial charge in [-0.25, -0.2) is 0 Å². The third-order valence-electron chi connectivity index (χ3n) is 5.53. The van der Waals surface area contributed by atoms with Gasteiger partial charge in [0.1, 0.15) is 23.2 Å². The van der Waals surface area contributed by atoms with Crippen LogP contribution >= 0.6 is 0 Å². The van der Waals surface area contributed by atoms with Gasteiger partial charge >= 0.3 is 0 Å². The topological polar surface area (TPSA) is 95.1 Å². The van der Waals surface area contributed by atoms with Crippen LogP contribution in [0.2, 0.25) is 0 Å². The zero-order chi connectivity index (χ0) is 21.0. The van der Waals surface area contributed by atoms with Crippen molar-refractivity contribution in [2.75, 3.05) is 26.1 Å². The summed E-state index contributed by atoms with van der Waals surface area (Å²) in [4.78, 5) is 24.7. The van der Waals surface area contributed by atoms with E-state index in [0.717, 1.165) is 35.6 Å². The smallest absolute Gasteiger partial charge is 0.292 e. The number of methoxy groups -OCH3 is 2. The molecule has 8 nitrogen and oxygen atoms in total. The van der Waals surface area contributed by atoms with E-state index in [1.165, 1.54) is 6.07 Å². The number of nitro groups is 1. The van der Waals surface area contributed by atoms with Gasteiger partial charge in [-0.1, -0.05) is 12.1 Å². The lowest BCUT2D eigenvalue weighted by Crippen LogP contribution is -3.15. The number of carbonyl (C=O) groups is 1. The van der Waals surface area contributed by atoms with Crippen molar-refractivity contribution < 1.29 is 24.1 Å². The first-order chi connectivity index (χ1) is 14.0. The van der Waals surface area contributed by atoms with Gasteiger partial charge in [0, 0.05) is 25.0 Å². The Labute approximate surface area is 169 Å². The molecule has 0 spiro atoms. The lowest BCUT2D eigenvalue weighted by atomic mass is 10.0. The first-order valence-electron chi connectivity index (χ1n) is 9.58. The monoisotopic (exact) mass is 400 g/mol. The Kier molecular flexibility index (Phi) is 6.33. The lowest BCUT2D eigenvalue weighted by molar-refractivity contribution is -0.932. The highest BCUT2D eigenvalue weighted by Crippen LogP contribution is 2.32. The second kappa shape index (κ2) is 8.91. The molecular formula is C21H26N3O5+. The molecule has 3 atom stereocenters. The minimum Gasteiger partial charge on any atom is -0.497 e. The van der Waals surface area contributed by atoms with E-state index in [2.05, 4.69) is 5.32 Å². The molecule has 0 radical (unpaired) electrons. The summed E-state index contributed by atoms with van der Waals surface area (Å²) in [6, 6.07) is 11.6. The van der Waals surface area contributed by atoms with E-state index in [0.29, 0.717) is 5.75 Å². The molecule has 1 unspecified atom stereocenters. The normalized spacial score (nSPS) is 19.4. The fraction of sp³-hybridized carbons (Fsp3) is 0.381. The van der Waals surface area contributed by atoms with Crippen LogP contribution in [0.4, 0.5) is 11.4 Å². The molecule has 2 aromatic rings. The van der Waals surface area contributed by atoms with Crippen molar-refractivity contribution in [3.05, 3.63) is 58.1 Å². The fourth-order valence-corrected chi connectivity index (χ4v) is 4.00. The molecule has 0 aromatic heterocycles. The van der Waals surface area contributed by atoms with E-state index in [4.69, 9.17) is 9.47 Å². The quantitative estimate of drug-likeness (QED) is 0.550. The van der Waals surface area contributed by atoms with Gasteiger partial charge < -0.3 is 19.7 Å². The molecule has 0 bridgehead atoms. The zero-order valence-corrected chi connectivity index (χ0v) is 16.8. The van der Waals surface area contributed by atoms with E-state index in [9.17, 15) is 14.9 Å². The number of ether oxygens (including phenoxy) is 2. The van der Waals surface area contributed by atoms with Crippen LogP contribution in [-0.4, -0.2) is 37.6 Å². The molecule has 1 aliphatic heterocycles. The van der Waals surface area contributed by atoms with Gasteiger partial charge in [-0.05, 0) is 25.1 Å². The van der Waals surface area contributed by atoms with Gasteiger partial charge in [0.25, 0.3) is 11.6 Å². The number of anilines is 1. The van der Waals surface area contributed by atoms with E-state index >= 15 is 0 Å². The molecule has 1 fully saturated rings. The number of hydrogen-bond donors (Lipinski definition) is 2. The highest BCUT2D eigenvalue weighted by molar-refractivity contribution is 5.95. The second-order valence-corrected chi connectivity index (χ2v) is 7.11. The predicted octanol–water partition coefficient (Wildman–Crippen LogP) is 2.36. The summed E-state index contributed by atoms with van der Waals surface area (Å²) in [5.74, 6) is 1.21. The van der Waals surface area contributed by atoms with Crippen LogP contribution in [0.3, 0.4) is 0 Å². The SMILES string of the molecule is COc1ccc([C@H]2CCC[NH+]2[C@@H](C)C(=O)Nc2ccccc2[N+](=O)[O-])c(OC)c1. The van der Waals surface area contributed by atoms with Gasteiger partial charge in [-0.15, -0.1) is 0 Å². The Balaban J connectivity index is 1.81. The van der Waals surface area contributed by atoms with Crippen LogP contribution in [-0.2, 0) is 4.79 Å². The molecule has 2 aromatic carbocycles. The van der Waals surface area contributed by atoms with Crippen molar-refractivity contribution in [1.82, 2.24) is 0 Å². The first kappa shape index (κ1) is 20.6. The van der Waals surface area contributed by atoms with Crippen molar-refractivity contribution in [2.45, 2.75) is 31.8 Å². The average Bonchev–Trinajstić information content (AvgIpc) is 3.22. The number of rotatable bonds is 7. The Morgan fingerprint density at radius 2 is 2.00 bits per heavy atom. The summed E-state index contributed by atoms with van der Waals surface area (Å²) < 4.78 is 10.8. The molecule has 1 amide bonds. The number of amides is 1. The molecule has 2 N–H and O–H groups in total. The Hall–Kier alpha value is -3.13. The molecule has 1 saturated heterocycles. The number of nitrogens with one attached hydrogen (secondary N) is 2. The van der Waals surface area contributed by atoms with E-state index in [1.54, 1.807) is 32.4 Å². The molecule has 154 valence electrons. The summed E-state index contributed by atoms with van der Waals surface area (Å²) in [7, 11) is 3.23. The summed E-state index contributed by atoms with van der Waals surface area (Å²) in [5, 5.41) is 13.9. The van der Waals surface area contributed by atoms with Gasteiger partial charge in [0.2, 0.25) is 0 Å². The zero-order valence-electron chi connectivity index (χ0n) is 16.8. The minimum atomic E-state index is -0.492. The van der Waals surface area contributed by atoms with Crippen molar-refractivity contribution in [3.8, 4) is 11.5 Å². The number of nitrogens with zero attached hydrogens (tertiary/aromatic N) is 1. The Morgan fingerprint density at radius 3 is 2.69 bits per heavy atom. The average molecular weight is 400 g/mol. The maximum absolute atomic E-state index is 12.9. The summed E-state index contributed by atoms with van der Waals surface area (Å²) >= 11 is 0. The molecule has 29 heavy (non-hydrogen) atoms. The van der Waals surface area contributed by atoms with Crippen LogP contribution < -0.4 is 19.7 Å². The van der Waals surface area contributed by atoms with Crippen molar-refractivity contribution in [2.24, 2.45) is 0 Å². The number of para-hydroxylation sites is 2. The van der Waals surface area contributed by atoms with E-state index in [-0.39, 0.29) is 29.4 Å². The van der Waals surface area contributed by atoms with Crippen molar-refractivity contribution in [1.29, 1.82) is 0 Å². The number of hydrogen-bond acceptors (Lipinski definition) is 5. The molecular weight excluding hydrogens is 374 g/mol. The highest BCUT2D eigenvalue weighted by Gasteiger charge is 2.38. The van der Waals surface area contributed by atoms with Crippen molar-refractivity contribution >= 4 is 17.3 Å². The molecule has 1 heterocycles. The van der Waals surface area contributed by atoms with Gasteiger partial charge in [-0.2, -0.15) is 0 Å². The van der Waals surface area contributed by atoms with Gasteiger partial charge in [-0.3, -0.25) is 14.9 Å². The van der Waals surface area contributed by atoms with Crippen LogP contribution in [0.25, 0.3) is 0 Å². The largest absolute Gasteiger partial charge is 0.497 e. The van der Waals surface area contributed by atoms with Crippen LogP contribution in [0, 0.1) is 10.1 Å². The molecule has 8 heteroatoms. The summed E-state index contributed by atoms with van der Waals surface area (Å²) in [5.41, 5.74) is 1.13. The lowest BCUT2D eigenvalue weighted by Gasteiger charge is -2.28. The number of carbonyl (C=O) groups excluding carboxylic acids is 1. The second-order valence-electron chi connectivity index (χ2n) is 7.11.